The van der Waals surface area contributed by atoms with Crippen LogP contribution in [0.25, 0.3) is 0 Å². The second-order valence-electron chi connectivity index (χ2n) is 5.90. The molecule has 1 aromatic rings. The van der Waals surface area contributed by atoms with Gasteiger partial charge in [0.2, 0.25) is 12.2 Å². The number of carboxylic acid groups (broad SMARTS) is 1. The van der Waals surface area contributed by atoms with Gasteiger partial charge in [0.05, 0.1) is 0 Å². The summed E-state index contributed by atoms with van der Waals surface area (Å²) in [6, 6.07) is 6.82. The first-order valence-electron chi connectivity index (χ1n) is 7.66. The highest BCUT2D eigenvalue weighted by Crippen LogP contribution is 2.07. The number of rotatable bonds is 9. The van der Waals surface area contributed by atoms with Crippen LogP contribution in [0.2, 0.25) is 0 Å². The van der Waals surface area contributed by atoms with Crippen molar-refractivity contribution in [3.63, 3.8) is 0 Å². The van der Waals surface area contributed by atoms with Crippen molar-refractivity contribution in [1.29, 1.82) is 0 Å². The zero-order valence-corrected chi connectivity index (χ0v) is 13.7. The molecule has 0 saturated heterocycles. The van der Waals surface area contributed by atoms with Crippen molar-refractivity contribution in [3.05, 3.63) is 35.9 Å². The molecule has 0 aliphatic rings. The van der Waals surface area contributed by atoms with E-state index in [0.717, 1.165) is 5.56 Å². The van der Waals surface area contributed by atoms with Gasteiger partial charge in [-0.1, -0.05) is 44.2 Å². The maximum Gasteiger partial charge on any atom is 0.326 e. The first-order chi connectivity index (χ1) is 11.3. The normalized spacial score (nSPS) is 13.0. The third-order valence-corrected chi connectivity index (χ3v) is 3.34. The maximum atomic E-state index is 12.3. The van der Waals surface area contributed by atoms with Crippen LogP contribution >= 0.6 is 0 Å². The topological polar surface area (TPSA) is 113 Å². The number of carboxylic acids is 1. The second kappa shape index (κ2) is 9.44. The molecular weight excluding hydrogens is 312 g/mol. The fourth-order valence-electron chi connectivity index (χ4n) is 2.23. The summed E-state index contributed by atoms with van der Waals surface area (Å²) < 4.78 is 0. The van der Waals surface area contributed by atoms with Crippen LogP contribution in [-0.4, -0.2) is 41.3 Å². The summed E-state index contributed by atoms with van der Waals surface area (Å²) >= 11 is 0. The minimum absolute atomic E-state index is 0.0742. The first-order valence-corrected chi connectivity index (χ1v) is 7.66. The number of hydrogen-bond donors (Lipinski definition) is 3. The number of carbonyl (C=O) groups is 4. The Morgan fingerprint density at radius 3 is 2.21 bits per heavy atom. The van der Waals surface area contributed by atoms with E-state index < -0.39 is 29.9 Å². The third-order valence-electron chi connectivity index (χ3n) is 3.34. The van der Waals surface area contributed by atoms with Gasteiger partial charge in [0.25, 0.3) is 5.91 Å². The molecular formula is C17H22N2O5. The molecule has 0 fully saturated rings. The molecule has 2 atom stereocenters. The summed E-state index contributed by atoms with van der Waals surface area (Å²) in [5.41, 5.74) is 0.766. The van der Waals surface area contributed by atoms with Crippen molar-refractivity contribution in [3.8, 4) is 0 Å². The van der Waals surface area contributed by atoms with Gasteiger partial charge in [0, 0.05) is 6.42 Å². The standard InChI is InChI=1S/C17H22N2O5/c1-11(2)8-13(18-15(21)10-20)16(22)19-14(17(23)24)9-12-6-4-3-5-7-12/h3-7,10-11,13-14H,8-9H2,1-2H3,(H,18,21)(H,19,22)(H,23,24). The summed E-state index contributed by atoms with van der Waals surface area (Å²) in [4.78, 5) is 45.5. The molecule has 0 saturated carbocycles. The predicted molar refractivity (Wildman–Crippen MR) is 87.2 cm³/mol. The smallest absolute Gasteiger partial charge is 0.326 e. The van der Waals surface area contributed by atoms with E-state index in [9.17, 15) is 24.3 Å². The lowest BCUT2D eigenvalue weighted by Gasteiger charge is -2.22. The highest BCUT2D eigenvalue weighted by molar-refractivity contribution is 6.24. The zero-order chi connectivity index (χ0) is 18.1. The molecule has 0 bridgehead atoms. The summed E-state index contributed by atoms with van der Waals surface area (Å²) in [5.74, 6) is -2.63. The second-order valence-corrected chi connectivity index (χ2v) is 5.90. The molecule has 24 heavy (non-hydrogen) atoms. The Balaban J connectivity index is 2.81. The molecule has 0 aliphatic heterocycles. The third kappa shape index (κ3) is 6.60. The lowest BCUT2D eigenvalue weighted by molar-refractivity contribution is -0.142. The first kappa shape index (κ1) is 19.3. The molecule has 1 aromatic carbocycles. The molecule has 3 N–H and O–H groups in total. The zero-order valence-electron chi connectivity index (χ0n) is 13.7. The van der Waals surface area contributed by atoms with Crippen LogP contribution in [0.3, 0.4) is 0 Å². The Morgan fingerprint density at radius 1 is 1.08 bits per heavy atom. The fourth-order valence-corrected chi connectivity index (χ4v) is 2.23. The Morgan fingerprint density at radius 2 is 1.71 bits per heavy atom. The van der Waals surface area contributed by atoms with Crippen LogP contribution in [0.4, 0.5) is 0 Å². The monoisotopic (exact) mass is 334 g/mol. The summed E-state index contributed by atoms with van der Waals surface area (Å²) in [7, 11) is 0. The van der Waals surface area contributed by atoms with Crippen molar-refractivity contribution < 1.29 is 24.3 Å². The van der Waals surface area contributed by atoms with Crippen LogP contribution in [0.1, 0.15) is 25.8 Å². The van der Waals surface area contributed by atoms with Gasteiger partial charge in [0.15, 0.2) is 0 Å². The van der Waals surface area contributed by atoms with Crippen molar-refractivity contribution in [2.75, 3.05) is 0 Å². The Kier molecular flexibility index (Phi) is 7.61. The number of hydrogen-bond acceptors (Lipinski definition) is 4. The molecule has 0 aliphatic carbocycles. The SMILES string of the molecule is CC(C)CC(NC(=O)C=O)C(=O)NC(Cc1ccccc1)C(=O)O. The quantitative estimate of drug-likeness (QED) is 0.450. The van der Waals surface area contributed by atoms with Crippen LogP contribution in [0.15, 0.2) is 30.3 Å². The van der Waals surface area contributed by atoms with Gasteiger partial charge in [-0.05, 0) is 17.9 Å². The van der Waals surface area contributed by atoms with Gasteiger partial charge in [-0.15, -0.1) is 0 Å². The number of carbonyl (C=O) groups excluding carboxylic acids is 3. The maximum absolute atomic E-state index is 12.3. The van der Waals surface area contributed by atoms with E-state index in [-0.39, 0.29) is 18.6 Å². The van der Waals surface area contributed by atoms with Gasteiger partial charge in [-0.3, -0.25) is 14.4 Å². The largest absolute Gasteiger partial charge is 0.480 e. The lowest BCUT2D eigenvalue weighted by atomic mass is 10.0. The van der Waals surface area contributed by atoms with E-state index >= 15 is 0 Å². The fraction of sp³-hybridized carbons (Fsp3) is 0.412. The molecule has 130 valence electrons. The molecule has 0 spiro atoms. The van der Waals surface area contributed by atoms with Gasteiger partial charge in [-0.25, -0.2) is 4.79 Å². The molecule has 0 radical (unpaired) electrons. The van der Waals surface area contributed by atoms with Crippen LogP contribution in [0.5, 0.6) is 0 Å². The Hall–Kier alpha value is -2.70. The van der Waals surface area contributed by atoms with Crippen LogP contribution < -0.4 is 10.6 Å². The molecule has 0 heterocycles. The van der Waals surface area contributed by atoms with E-state index in [0.29, 0.717) is 6.42 Å². The minimum Gasteiger partial charge on any atom is -0.480 e. The average molecular weight is 334 g/mol. The molecule has 0 aromatic heterocycles. The number of aldehydes is 1. The Bertz CT molecular complexity index is 586. The summed E-state index contributed by atoms with van der Waals surface area (Å²) in [6.07, 6.45) is 0.500. The van der Waals surface area contributed by atoms with E-state index in [1.54, 1.807) is 24.3 Å². The molecule has 1 rings (SSSR count). The van der Waals surface area contributed by atoms with Gasteiger partial charge in [-0.2, -0.15) is 0 Å². The Labute approximate surface area is 140 Å². The predicted octanol–water partition coefficient (Wildman–Crippen LogP) is 0.528. The highest BCUT2D eigenvalue weighted by Gasteiger charge is 2.27. The van der Waals surface area contributed by atoms with Crippen molar-refractivity contribution in [2.45, 2.75) is 38.8 Å². The number of benzene rings is 1. The molecule has 7 nitrogen and oxygen atoms in total. The van der Waals surface area contributed by atoms with Crippen LogP contribution in [0, 0.1) is 5.92 Å². The summed E-state index contributed by atoms with van der Waals surface area (Å²) in [6.45, 7) is 3.71. The highest BCUT2D eigenvalue weighted by atomic mass is 16.4. The van der Waals surface area contributed by atoms with Crippen molar-refractivity contribution in [1.82, 2.24) is 10.6 Å². The number of aliphatic carboxylic acids is 1. The average Bonchev–Trinajstić information content (AvgIpc) is 2.53. The van der Waals surface area contributed by atoms with Gasteiger partial charge < -0.3 is 15.7 Å². The molecule has 7 heteroatoms. The number of amides is 2. The number of nitrogens with one attached hydrogen (secondary N) is 2. The minimum atomic E-state index is -1.17. The van der Waals surface area contributed by atoms with E-state index in [1.807, 2.05) is 19.9 Å². The van der Waals surface area contributed by atoms with Gasteiger partial charge in [0.1, 0.15) is 12.1 Å². The van der Waals surface area contributed by atoms with Crippen LogP contribution in [-0.2, 0) is 25.6 Å². The lowest BCUT2D eigenvalue weighted by Crippen LogP contribution is -2.52. The van der Waals surface area contributed by atoms with E-state index in [2.05, 4.69) is 10.6 Å². The van der Waals surface area contributed by atoms with Crippen molar-refractivity contribution in [2.24, 2.45) is 5.92 Å². The summed E-state index contributed by atoms with van der Waals surface area (Å²) in [5, 5.41) is 14.0. The molecule has 2 unspecified atom stereocenters. The van der Waals surface area contributed by atoms with Crippen molar-refractivity contribution >= 4 is 24.1 Å². The molecule has 2 amide bonds. The van der Waals surface area contributed by atoms with Gasteiger partial charge >= 0.3 is 5.97 Å². The van der Waals surface area contributed by atoms with E-state index in [4.69, 9.17) is 0 Å². The van der Waals surface area contributed by atoms with E-state index in [1.165, 1.54) is 0 Å².